The van der Waals surface area contributed by atoms with Gasteiger partial charge in [0.05, 0.1) is 12.2 Å². The van der Waals surface area contributed by atoms with Crippen LogP contribution in [0.25, 0.3) is 0 Å². The zero-order chi connectivity index (χ0) is 24.2. The highest BCUT2D eigenvalue weighted by Gasteiger charge is 2.41. The van der Waals surface area contributed by atoms with Gasteiger partial charge in [-0.05, 0) is 62.9 Å². The Hall–Kier alpha value is -3.00. The molecule has 1 heterocycles. The van der Waals surface area contributed by atoms with Gasteiger partial charge in [-0.1, -0.05) is 29.3 Å². The molecule has 0 aromatic heterocycles. The topological polar surface area (TPSA) is 87.1 Å². The highest BCUT2D eigenvalue weighted by molar-refractivity contribution is 5.87. The van der Waals surface area contributed by atoms with E-state index in [0.29, 0.717) is 30.5 Å². The number of aromatic carboxylic acids is 1. The fourth-order valence-corrected chi connectivity index (χ4v) is 4.20. The zero-order valence-corrected chi connectivity index (χ0v) is 18.8. The van der Waals surface area contributed by atoms with E-state index in [2.05, 4.69) is 0 Å². The molecule has 0 aliphatic carbocycles. The van der Waals surface area contributed by atoms with Gasteiger partial charge in [-0.2, -0.15) is 8.78 Å². The number of aliphatic hydroxyl groups excluding tert-OH is 1. The summed E-state index contributed by atoms with van der Waals surface area (Å²) in [5.41, 5.74) is 2.22. The molecule has 6 nitrogen and oxygen atoms in total. The summed E-state index contributed by atoms with van der Waals surface area (Å²) in [5, 5.41) is 19.3. The number of hydrogen-bond donors (Lipinski definition) is 2. The number of rotatable bonds is 9. The van der Waals surface area contributed by atoms with Crippen molar-refractivity contribution >= 4 is 12.1 Å². The van der Waals surface area contributed by atoms with Crippen LogP contribution in [0.1, 0.15) is 51.9 Å². The smallest absolute Gasteiger partial charge is 0.410 e. The van der Waals surface area contributed by atoms with E-state index in [-0.39, 0.29) is 36.6 Å². The van der Waals surface area contributed by atoms with Crippen LogP contribution in [0.4, 0.5) is 13.6 Å². The number of halogens is 2. The van der Waals surface area contributed by atoms with Gasteiger partial charge in [-0.3, -0.25) is 0 Å². The molecule has 2 aromatic rings. The fraction of sp³-hybridized carbons (Fsp3) is 0.440. The molecule has 1 fully saturated rings. The first-order valence-corrected chi connectivity index (χ1v) is 11.0. The van der Waals surface area contributed by atoms with E-state index in [0.717, 1.165) is 5.56 Å². The molecule has 2 aromatic carbocycles. The molecule has 178 valence electrons. The molecule has 0 radical (unpaired) electrons. The number of ether oxygens (including phenoxy) is 1. The summed E-state index contributed by atoms with van der Waals surface area (Å²) in [6, 6.07) is 10.6. The van der Waals surface area contributed by atoms with Crippen molar-refractivity contribution in [2.24, 2.45) is 0 Å². The van der Waals surface area contributed by atoms with Crippen LogP contribution in [0.2, 0.25) is 0 Å². The van der Waals surface area contributed by atoms with Crippen molar-refractivity contribution in [3.8, 4) is 0 Å². The van der Waals surface area contributed by atoms with Gasteiger partial charge in [0.15, 0.2) is 0 Å². The van der Waals surface area contributed by atoms with Gasteiger partial charge >= 0.3 is 12.1 Å². The molecule has 1 amide bonds. The SMILES string of the molecule is Cc1cc(C)cc(C(F)(F)C(O)CCC2CCOC(=O)N2CCc2ccc(C(=O)O)cc2)c1. The highest BCUT2D eigenvalue weighted by Crippen LogP contribution is 2.35. The van der Waals surface area contributed by atoms with Crippen LogP contribution in [-0.4, -0.2) is 52.5 Å². The summed E-state index contributed by atoms with van der Waals surface area (Å²) in [6.07, 6.45) is -1.37. The normalized spacial score (nSPS) is 17.5. The Bertz CT molecular complexity index is 973. The molecule has 2 N–H and O–H groups in total. The lowest BCUT2D eigenvalue weighted by Crippen LogP contribution is -2.47. The van der Waals surface area contributed by atoms with E-state index >= 15 is 0 Å². The molecule has 2 unspecified atom stereocenters. The lowest BCUT2D eigenvalue weighted by molar-refractivity contribution is -0.120. The predicted octanol–water partition coefficient (Wildman–Crippen LogP) is 4.69. The number of carbonyl (C=O) groups excluding carboxylic acids is 1. The van der Waals surface area contributed by atoms with E-state index in [4.69, 9.17) is 9.84 Å². The minimum absolute atomic E-state index is 0.165. The minimum Gasteiger partial charge on any atom is -0.478 e. The van der Waals surface area contributed by atoms with Crippen LogP contribution in [0.15, 0.2) is 42.5 Å². The second kappa shape index (κ2) is 10.3. The number of aliphatic hydroxyl groups is 1. The van der Waals surface area contributed by atoms with Crippen LogP contribution >= 0.6 is 0 Å². The van der Waals surface area contributed by atoms with Crippen LogP contribution in [0, 0.1) is 13.8 Å². The number of alkyl halides is 2. The van der Waals surface area contributed by atoms with Crippen molar-refractivity contribution in [2.45, 2.75) is 57.6 Å². The zero-order valence-electron chi connectivity index (χ0n) is 18.8. The first-order chi connectivity index (χ1) is 15.6. The number of benzene rings is 2. The van der Waals surface area contributed by atoms with Crippen molar-refractivity contribution in [1.29, 1.82) is 0 Å². The monoisotopic (exact) mass is 461 g/mol. The summed E-state index contributed by atoms with van der Waals surface area (Å²) < 4.78 is 34.9. The van der Waals surface area contributed by atoms with Gasteiger partial charge < -0.3 is 19.8 Å². The lowest BCUT2D eigenvalue weighted by atomic mass is 9.94. The molecule has 0 saturated carbocycles. The Labute approximate surface area is 191 Å². The third-order valence-corrected chi connectivity index (χ3v) is 5.99. The van der Waals surface area contributed by atoms with Crippen LogP contribution in [-0.2, 0) is 17.1 Å². The van der Waals surface area contributed by atoms with Gasteiger partial charge in [-0.15, -0.1) is 0 Å². The molecule has 8 heteroatoms. The summed E-state index contributed by atoms with van der Waals surface area (Å²) in [7, 11) is 0. The number of nitrogens with zero attached hydrogens (tertiary/aromatic N) is 1. The minimum atomic E-state index is -3.40. The van der Waals surface area contributed by atoms with Gasteiger partial charge in [0.1, 0.15) is 6.10 Å². The van der Waals surface area contributed by atoms with E-state index in [1.165, 1.54) is 29.2 Å². The van der Waals surface area contributed by atoms with Gasteiger partial charge in [0, 0.05) is 24.6 Å². The third kappa shape index (κ3) is 6.07. The van der Waals surface area contributed by atoms with Gasteiger partial charge in [0.25, 0.3) is 5.92 Å². The number of carbonyl (C=O) groups is 2. The van der Waals surface area contributed by atoms with Gasteiger partial charge in [0.2, 0.25) is 0 Å². The van der Waals surface area contributed by atoms with E-state index < -0.39 is 24.1 Å². The Balaban J connectivity index is 1.62. The number of carboxylic acids is 1. The average Bonchev–Trinajstić information content (AvgIpc) is 2.76. The number of carboxylic acid groups (broad SMARTS) is 1. The second-order valence-electron chi connectivity index (χ2n) is 8.59. The molecule has 1 saturated heterocycles. The number of cyclic esters (lactones) is 1. The van der Waals surface area contributed by atoms with Crippen molar-refractivity contribution in [3.05, 3.63) is 70.3 Å². The van der Waals surface area contributed by atoms with Gasteiger partial charge in [-0.25, -0.2) is 9.59 Å². The quantitative estimate of drug-likeness (QED) is 0.566. The molecule has 1 aliphatic heterocycles. The third-order valence-electron chi connectivity index (χ3n) is 5.99. The summed E-state index contributed by atoms with van der Waals surface area (Å²) in [5.74, 6) is -4.42. The molecule has 33 heavy (non-hydrogen) atoms. The Morgan fingerprint density at radius 3 is 2.42 bits per heavy atom. The first kappa shape index (κ1) is 24.6. The lowest BCUT2D eigenvalue weighted by Gasteiger charge is -2.36. The van der Waals surface area contributed by atoms with Crippen molar-refractivity contribution < 1.29 is 33.3 Å². The van der Waals surface area contributed by atoms with E-state index in [1.54, 1.807) is 32.0 Å². The largest absolute Gasteiger partial charge is 0.478 e. The van der Waals surface area contributed by atoms with Crippen LogP contribution in [0.5, 0.6) is 0 Å². The molecular formula is C25H29F2NO5. The molecular weight excluding hydrogens is 432 g/mol. The van der Waals surface area contributed by atoms with Crippen molar-refractivity contribution in [1.82, 2.24) is 4.90 Å². The molecule has 3 rings (SSSR count). The number of hydrogen-bond acceptors (Lipinski definition) is 4. The van der Waals surface area contributed by atoms with Crippen molar-refractivity contribution in [2.75, 3.05) is 13.2 Å². The maximum Gasteiger partial charge on any atom is 0.410 e. The summed E-state index contributed by atoms with van der Waals surface area (Å²) in [4.78, 5) is 24.8. The fourth-order valence-electron chi connectivity index (χ4n) is 4.20. The Morgan fingerprint density at radius 2 is 1.82 bits per heavy atom. The molecule has 2 atom stereocenters. The average molecular weight is 462 g/mol. The van der Waals surface area contributed by atoms with E-state index in [1.807, 2.05) is 0 Å². The van der Waals surface area contributed by atoms with Crippen molar-refractivity contribution in [3.63, 3.8) is 0 Å². The van der Waals surface area contributed by atoms with E-state index in [9.17, 15) is 23.5 Å². The molecule has 0 spiro atoms. The molecule has 0 bridgehead atoms. The summed E-state index contributed by atoms with van der Waals surface area (Å²) >= 11 is 0. The highest BCUT2D eigenvalue weighted by atomic mass is 19.3. The first-order valence-electron chi connectivity index (χ1n) is 11.0. The predicted molar refractivity (Wildman–Crippen MR) is 119 cm³/mol. The maximum atomic E-state index is 14.9. The molecule has 1 aliphatic rings. The number of amides is 1. The Kier molecular flexibility index (Phi) is 7.68. The second-order valence-corrected chi connectivity index (χ2v) is 8.59. The number of aryl methyl sites for hydroxylation is 2. The standard InChI is InChI=1S/C25H29F2NO5/c1-16-13-17(2)15-20(14-16)25(26,27)22(29)8-7-21-10-12-33-24(32)28(21)11-9-18-3-5-19(6-4-18)23(30)31/h3-6,13-15,21-22,29H,7-12H2,1-2H3,(H,30,31). The summed E-state index contributed by atoms with van der Waals surface area (Å²) in [6.45, 7) is 3.98. The Morgan fingerprint density at radius 1 is 1.18 bits per heavy atom. The maximum absolute atomic E-state index is 14.9. The van der Waals surface area contributed by atoms with Crippen LogP contribution in [0.3, 0.4) is 0 Å². The van der Waals surface area contributed by atoms with Crippen LogP contribution < -0.4 is 0 Å².